The maximum absolute atomic E-state index is 13.7. The lowest BCUT2D eigenvalue weighted by Gasteiger charge is -2.56. The Morgan fingerprint density at radius 1 is 1.04 bits per heavy atom. The summed E-state index contributed by atoms with van der Waals surface area (Å²) in [5, 5.41) is 3.16. The summed E-state index contributed by atoms with van der Waals surface area (Å²) in [7, 11) is 0. The molecule has 1 aliphatic heterocycles. The van der Waals surface area contributed by atoms with Gasteiger partial charge >= 0.3 is 0 Å². The summed E-state index contributed by atoms with van der Waals surface area (Å²) in [6.07, 6.45) is 8.97. The molecule has 150 valence electrons. The van der Waals surface area contributed by atoms with Gasteiger partial charge in [0.25, 0.3) is 0 Å². The van der Waals surface area contributed by atoms with Crippen LogP contribution in [0.25, 0.3) is 0 Å². The van der Waals surface area contributed by atoms with Crippen molar-refractivity contribution in [3.63, 3.8) is 0 Å². The predicted molar refractivity (Wildman–Crippen MR) is 108 cm³/mol. The Morgan fingerprint density at radius 2 is 1.64 bits per heavy atom. The number of likely N-dealkylation sites (tertiary alicyclic amines) is 1. The Hall–Kier alpha value is -1.84. The minimum Gasteiger partial charge on any atom is -0.348 e. The molecule has 5 fully saturated rings. The second-order valence-corrected chi connectivity index (χ2v) is 10.00. The zero-order chi connectivity index (χ0) is 19.3. The van der Waals surface area contributed by atoms with E-state index in [9.17, 15) is 9.59 Å². The molecule has 2 amide bonds. The van der Waals surface area contributed by atoms with Crippen LogP contribution in [0.3, 0.4) is 0 Å². The van der Waals surface area contributed by atoms with Crippen molar-refractivity contribution < 1.29 is 9.59 Å². The number of rotatable bonds is 4. The molecule has 5 aliphatic rings. The molecule has 4 heteroatoms. The molecule has 0 radical (unpaired) electrons. The van der Waals surface area contributed by atoms with E-state index >= 15 is 0 Å². The van der Waals surface area contributed by atoms with Crippen LogP contribution in [0.1, 0.15) is 69.9 Å². The van der Waals surface area contributed by atoms with Crippen LogP contribution in [0.4, 0.5) is 0 Å². The van der Waals surface area contributed by atoms with Crippen molar-refractivity contribution in [2.45, 2.75) is 70.4 Å². The van der Waals surface area contributed by atoms with Gasteiger partial charge < -0.3 is 10.2 Å². The van der Waals surface area contributed by atoms with Gasteiger partial charge in [-0.3, -0.25) is 9.59 Å². The van der Waals surface area contributed by atoms with Gasteiger partial charge in [0.2, 0.25) is 11.8 Å². The molecule has 1 heterocycles. The van der Waals surface area contributed by atoms with Crippen molar-refractivity contribution in [1.82, 2.24) is 10.2 Å². The number of nitrogens with one attached hydrogen (secondary N) is 1. The quantitative estimate of drug-likeness (QED) is 0.856. The highest BCUT2D eigenvalue weighted by molar-refractivity contribution is 5.91. The van der Waals surface area contributed by atoms with E-state index in [-0.39, 0.29) is 23.4 Å². The first-order valence-corrected chi connectivity index (χ1v) is 11.2. The maximum atomic E-state index is 13.7. The van der Waals surface area contributed by atoms with Crippen molar-refractivity contribution in [3.8, 4) is 0 Å². The lowest BCUT2D eigenvalue weighted by molar-refractivity contribution is -0.160. The average Bonchev–Trinajstić information content (AvgIpc) is 3.17. The second-order valence-electron chi connectivity index (χ2n) is 10.00. The van der Waals surface area contributed by atoms with E-state index in [0.717, 1.165) is 62.0 Å². The van der Waals surface area contributed by atoms with Crippen LogP contribution >= 0.6 is 0 Å². The summed E-state index contributed by atoms with van der Waals surface area (Å²) >= 11 is 0. The van der Waals surface area contributed by atoms with Crippen molar-refractivity contribution in [1.29, 1.82) is 0 Å². The predicted octanol–water partition coefficient (Wildman–Crippen LogP) is 4.07. The molecular formula is C24H32N2O2. The molecule has 0 unspecified atom stereocenters. The highest BCUT2D eigenvalue weighted by atomic mass is 16.2. The van der Waals surface area contributed by atoms with Crippen LogP contribution in [-0.2, 0) is 9.59 Å². The molecule has 4 saturated carbocycles. The first-order chi connectivity index (χ1) is 13.5. The maximum Gasteiger partial charge on any atom is 0.243 e. The van der Waals surface area contributed by atoms with E-state index in [2.05, 4.69) is 5.32 Å². The third-order valence-electron chi connectivity index (χ3n) is 7.97. The average molecular weight is 381 g/mol. The van der Waals surface area contributed by atoms with Crippen LogP contribution in [0.2, 0.25) is 0 Å². The minimum atomic E-state index is -0.285. The Morgan fingerprint density at radius 3 is 2.25 bits per heavy atom. The Bertz CT molecular complexity index is 724. The molecule has 0 spiro atoms. The lowest BCUT2D eigenvalue weighted by Crippen LogP contribution is -2.57. The van der Waals surface area contributed by atoms with Gasteiger partial charge in [-0.05, 0) is 81.6 Å². The number of benzene rings is 1. The minimum absolute atomic E-state index is 0.0203. The molecule has 4 nitrogen and oxygen atoms in total. The van der Waals surface area contributed by atoms with Crippen LogP contribution < -0.4 is 5.32 Å². The SMILES string of the molecule is C[C@@H](NC(=O)[C@@H]1CCCN1C(=O)C12CC3CC(CC(C3)C1)C2)c1ccccc1. The summed E-state index contributed by atoms with van der Waals surface area (Å²) in [6.45, 7) is 2.77. The summed E-state index contributed by atoms with van der Waals surface area (Å²) in [5.41, 5.74) is 0.954. The number of amides is 2. The van der Waals surface area contributed by atoms with Gasteiger partial charge in [0, 0.05) is 6.54 Å². The third kappa shape index (κ3) is 3.05. The van der Waals surface area contributed by atoms with Crippen LogP contribution in [0.5, 0.6) is 0 Å². The number of hydrogen-bond donors (Lipinski definition) is 1. The fourth-order valence-electron chi connectivity index (χ4n) is 7.09. The van der Waals surface area contributed by atoms with E-state index in [1.807, 2.05) is 42.2 Å². The smallest absolute Gasteiger partial charge is 0.243 e. The first kappa shape index (κ1) is 18.2. The molecule has 4 aliphatic carbocycles. The standard InChI is InChI=1S/C24H32N2O2/c1-16(20-6-3-2-4-7-20)25-22(27)21-8-5-9-26(21)23(28)24-13-17-10-18(14-24)12-19(11-17)15-24/h2-4,6-7,16-19,21H,5,8-15H2,1H3,(H,25,27)/t16-,17?,18?,19?,21+,24?/m1/s1. The van der Waals surface area contributed by atoms with Crippen LogP contribution in [-0.4, -0.2) is 29.3 Å². The Kier molecular flexibility index (Phi) is 4.48. The molecule has 1 aromatic carbocycles. The molecular weight excluding hydrogens is 348 g/mol. The largest absolute Gasteiger partial charge is 0.348 e. The number of nitrogens with zero attached hydrogens (tertiary/aromatic N) is 1. The van der Waals surface area contributed by atoms with Gasteiger partial charge in [-0.25, -0.2) is 0 Å². The van der Waals surface area contributed by atoms with Gasteiger partial charge in [0.1, 0.15) is 6.04 Å². The highest BCUT2D eigenvalue weighted by Crippen LogP contribution is 2.60. The van der Waals surface area contributed by atoms with Crippen molar-refractivity contribution in [2.24, 2.45) is 23.2 Å². The van der Waals surface area contributed by atoms with Crippen molar-refractivity contribution >= 4 is 11.8 Å². The highest BCUT2D eigenvalue weighted by Gasteiger charge is 2.56. The number of carbonyl (C=O) groups excluding carboxylic acids is 2. The van der Waals surface area contributed by atoms with Gasteiger partial charge in [-0.15, -0.1) is 0 Å². The van der Waals surface area contributed by atoms with Gasteiger partial charge in [0.15, 0.2) is 0 Å². The molecule has 0 aromatic heterocycles. The van der Waals surface area contributed by atoms with Crippen LogP contribution in [0.15, 0.2) is 30.3 Å². The third-order valence-corrected chi connectivity index (χ3v) is 7.97. The van der Waals surface area contributed by atoms with Crippen molar-refractivity contribution in [2.75, 3.05) is 6.54 Å². The van der Waals surface area contributed by atoms with E-state index in [1.54, 1.807) is 0 Å². The van der Waals surface area contributed by atoms with E-state index in [4.69, 9.17) is 0 Å². The molecule has 2 atom stereocenters. The van der Waals surface area contributed by atoms with Gasteiger partial charge in [0.05, 0.1) is 11.5 Å². The van der Waals surface area contributed by atoms with Crippen LogP contribution in [0, 0.1) is 23.2 Å². The molecule has 1 saturated heterocycles. The second kappa shape index (κ2) is 6.89. The fraction of sp³-hybridized carbons (Fsp3) is 0.667. The van der Waals surface area contributed by atoms with Crippen molar-refractivity contribution in [3.05, 3.63) is 35.9 Å². The lowest BCUT2D eigenvalue weighted by atomic mass is 9.49. The summed E-state index contributed by atoms with van der Waals surface area (Å²) in [5.74, 6) is 2.58. The van der Waals surface area contributed by atoms with E-state index in [0.29, 0.717) is 5.91 Å². The summed E-state index contributed by atoms with van der Waals surface area (Å²) in [6, 6.07) is 9.74. The Labute approximate surface area is 168 Å². The normalized spacial score (nSPS) is 37.1. The van der Waals surface area contributed by atoms with E-state index in [1.165, 1.54) is 19.3 Å². The van der Waals surface area contributed by atoms with Gasteiger partial charge in [-0.2, -0.15) is 0 Å². The zero-order valence-corrected chi connectivity index (χ0v) is 16.9. The first-order valence-electron chi connectivity index (χ1n) is 11.2. The molecule has 28 heavy (non-hydrogen) atoms. The number of carbonyl (C=O) groups is 2. The Balaban J connectivity index is 1.30. The molecule has 6 rings (SSSR count). The van der Waals surface area contributed by atoms with E-state index < -0.39 is 0 Å². The summed E-state index contributed by atoms with van der Waals surface area (Å²) in [4.78, 5) is 28.7. The molecule has 1 aromatic rings. The topological polar surface area (TPSA) is 49.4 Å². The zero-order valence-electron chi connectivity index (χ0n) is 16.9. The fourth-order valence-corrected chi connectivity index (χ4v) is 7.09. The molecule has 1 N–H and O–H groups in total. The monoisotopic (exact) mass is 380 g/mol. The molecule has 4 bridgehead atoms. The van der Waals surface area contributed by atoms with Gasteiger partial charge in [-0.1, -0.05) is 30.3 Å². The number of hydrogen-bond acceptors (Lipinski definition) is 2. The summed E-state index contributed by atoms with van der Waals surface area (Å²) < 4.78 is 0.